The van der Waals surface area contributed by atoms with Gasteiger partial charge in [-0.05, 0) is 79.7 Å². The highest BCUT2D eigenvalue weighted by atomic mass is 35.5. The molecule has 7 nitrogen and oxygen atoms in total. The van der Waals surface area contributed by atoms with Crippen molar-refractivity contribution < 1.29 is 9.18 Å². The number of anilines is 1. The first kappa shape index (κ1) is 21.1. The number of nitrogens with one attached hydrogen (secondary N) is 1. The van der Waals surface area contributed by atoms with Gasteiger partial charge in [-0.15, -0.1) is 5.10 Å². The second-order valence-corrected chi connectivity index (χ2v) is 10.8. The molecule has 4 aliphatic rings. The molecule has 3 aromatic rings. The fourth-order valence-electron chi connectivity index (χ4n) is 6.81. The Morgan fingerprint density at radius 1 is 1.15 bits per heavy atom. The molecule has 172 valence electrons. The molecule has 10 heteroatoms. The first-order valence-electron chi connectivity index (χ1n) is 11.2. The minimum atomic E-state index is -0.438. The molecule has 4 saturated carbocycles. The first-order valence-corrected chi connectivity index (χ1v) is 11.9. The molecular formula is C23H23Cl2FN6O. The van der Waals surface area contributed by atoms with Crippen LogP contribution in [0.1, 0.15) is 44.1 Å². The van der Waals surface area contributed by atoms with Crippen LogP contribution in [0.3, 0.4) is 0 Å². The summed E-state index contributed by atoms with van der Waals surface area (Å²) in [6.45, 7) is 0.389. The van der Waals surface area contributed by atoms with Crippen molar-refractivity contribution in [2.24, 2.45) is 17.3 Å². The van der Waals surface area contributed by atoms with Crippen LogP contribution in [-0.4, -0.2) is 30.5 Å². The molecular weight excluding hydrogens is 466 g/mol. The lowest BCUT2D eigenvalue weighted by Gasteiger charge is -2.60. The summed E-state index contributed by atoms with van der Waals surface area (Å²) in [5.41, 5.74) is 0.126. The summed E-state index contributed by atoms with van der Waals surface area (Å²) in [6, 6.07) is 6.08. The molecule has 2 aromatic heterocycles. The molecule has 7 rings (SSSR count). The zero-order chi connectivity index (χ0) is 22.8. The maximum atomic E-state index is 13.6. The van der Waals surface area contributed by atoms with E-state index < -0.39 is 5.41 Å². The minimum absolute atomic E-state index is 0.0252. The summed E-state index contributed by atoms with van der Waals surface area (Å²) < 4.78 is 16.9. The highest BCUT2D eigenvalue weighted by Gasteiger charge is 2.61. The van der Waals surface area contributed by atoms with Crippen molar-refractivity contribution in [3.63, 3.8) is 0 Å². The van der Waals surface area contributed by atoms with Crippen molar-refractivity contribution in [2.75, 3.05) is 5.32 Å². The summed E-state index contributed by atoms with van der Waals surface area (Å²) in [4.78, 5) is 17.7. The molecule has 2 unspecified atom stereocenters. The smallest absolute Gasteiger partial charge is 0.242 e. The molecule has 1 amide bonds. The van der Waals surface area contributed by atoms with Crippen LogP contribution in [0, 0.1) is 23.1 Å². The van der Waals surface area contributed by atoms with Gasteiger partial charge in [0.05, 0.1) is 17.5 Å². The average molecular weight is 489 g/mol. The van der Waals surface area contributed by atoms with Gasteiger partial charge < -0.3 is 5.32 Å². The van der Waals surface area contributed by atoms with Crippen LogP contribution in [-0.2, 0) is 16.9 Å². The molecule has 4 bridgehead atoms. The van der Waals surface area contributed by atoms with Crippen LogP contribution in [0.5, 0.6) is 0 Å². The number of carbonyl (C=O) groups excluding carboxylic acids is 1. The second kappa shape index (κ2) is 7.53. The van der Waals surface area contributed by atoms with Crippen molar-refractivity contribution in [1.82, 2.24) is 24.5 Å². The number of amides is 1. The predicted octanol–water partition coefficient (Wildman–Crippen LogP) is 4.90. The van der Waals surface area contributed by atoms with Gasteiger partial charge in [0.1, 0.15) is 12.1 Å². The van der Waals surface area contributed by atoms with E-state index in [0.717, 1.165) is 37.7 Å². The molecule has 4 aliphatic carbocycles. The summed E-state index contributed by atoms with van der Waals surface area (Å²) in [5, 5.41) is 12.6. The third kappa shape index (κ3) is 3.64. The highest BCUT2D eigenvalue weighted by molar-refractivity contribution is 6.31. The van der Waals surface area contributed by atoms with Crippen molar-refractivity contribution in [2.45, 2.75) is 50.6 Å². The standard InChI is InChI=1S/C23H23Cl2FN6O/c24-18-6-17(26)2-1-16(18)11-31-4-3-19(29-31)28-20(33)22-7-14-5-15(8-22)10-23(9-14,12-22)32-13-27-21(25)30-32/h1-4,6,13-15H,5,7-12H2,(H,28,29,33). The number of benzene rings is 1. The number of aromatic nitrogens is 5. The minimum Gasteiger partial charge on any atom is -0.309 e. The topological polar surface area (TPSA) is 77.6 Å². The summed E-state index contributed by atoms with van der Waals surface area (Å²) >= 11 is 12.2. The van der Waals surface area contributed by atoms with Crippen molar-refractivity contribution in [3.05, 3.63) is 58.5 Å². The zero-order valence-corrected chi connectivity index (χ0v) is 19.4. The predicted molar refractivity (Wildman–Crippen MR) is 121 cm³/mol. The molecule has 0 aliphatic heterocycles. The number of hydrogen-bond acceptors (Lipinski definition) is 4. The third-order valence-electron chi connectivity index (χ3n) is 7.69. The fourth-order valence-corrected chi connectivity index (χ4v) is 7.16. The Morgan fingerprint density at radius 2 is 1.94 bits per heavy atom. The molecule has 4 fully saturated rings. The van der Waals surface area contributed by atoms with E-state index in [9.17, 15) is 9.18 Å². The Labute approximate surface area is 200 Å². The monoisotopic (exact) mass is 488 g/mol. The van der Waals surface area contributed by atoms with E-state index >= 15 is 0 Å². The molecule has 33 heavy (non-hydrogen) atoms. The summed E-state index contributed by atoms with van der Waals surface area (Å²) in [5.74, 6) is 1.15. The van der Waals surface area contributed by atoms with Gasteiger partial charge in [0, 0.05) is 17.3 Å². The van der Waals surface area contributed by atoms with Gasteiger partial charge in [0.25, 0.3) is 0 Å². The number of nitrogens with zero attached hydrogens (tertiary/aromatic N) is 5. The van der Waals surface area contributed by atoms with Gasteiger partial charge in [-0.1, -0.05) is 17.7 Å². The van der Waals surface area contributed by atoms with Gasteiger partial charge in [0.15, 0.2) is 5.82 Å². The van der Waals surface area contributed by atoms with Crippen LogP contribution in [0.4, 0.5) is 10.2 Å². The Kier molecular flexibility index (Phi) is 4.82. The lowest BCUT2D eigenvalue weighted by atomic mass is 9.46. The molecule has 1 aromatic carbocycles. The van der Waals surface area contributed by atoms with Crippen molar-refractivity contribution in [1.29, 1.82) is 0 Å². The average Bonchev–Trinajstić information content (AvgIpc) is 3.38. The summed E-state index contributed by atoms with van der Waals surface area (Å²) in [7, 11) is 0. The maximum Gasteiger partial charge on any atom is 0.242 e. The van der Waals surface area contributed by atoms with E-state index in [0.29, 0.717) is 29.2 Å². The van der Waals surface area contributed by atoms with Crippen LogP contribution < -0.4 is 5.32 Å². The lowest BCUT2D eigenvalue weighted by molar-refractivity contribution is -0.150. The Balaban J connectivity index is 1.21. The van der Waals surface area contributed by atoms with Crippen LogP contribution in [0.25, 0.3) is 0 Å². The van der Waals surface area contributed by atoms with E-state index in [1.54, 1.807) is 29.3 Å². The normalized spacial score (nSPS) is 30.0. The number of hydrogen-bond donors (Lipinski definition) is 1. The Bertz CT molecular complexity index is 1230. The maximum absolute atomic E-state index is 13.6. The number of halogens is 3. The number of rotatable bonds is 5. The second-order valence-electron chi connectivity index (χ2n) is 10.0. The van der Waals surface area contributed by atoms with Crippen LogP contribution in [0.2, 0.25) is 10.3 Å². The van der Waals surface area contributed by atoms with Crippen molar-refractivity contribution in [3.8, 4) is 0 Å². The fraction of sp³-hybridized carbons (Fsp3) is 0.478. The lowest BCUT2D eigenvalue weighted by Crippen LogP contribution is -2.60. The SMILES string of the molecule is O=C(Nc1ccn(Cc2ccc(F)cc2Cl)n1)C12CC3CC(C1)CC(n1cnc(Cl)n1)(C3)C2. The van der Waals surface area contributed by atoms with Gasteiger partial charge in [-0.3, -0.25) is 9.48 Å². The first-order chi connectivity index (χ1) is 15.8. The van der Waals surface area contributed by atoms with Gasteiger partial charge in [-0.25, -0.2) is 14.1 Å². The molecule has 2 atom stereocenters. The Morgan fingerprint density at radius 3 is 2.64 bits per heavy atom. The third-order valence-corrected chi connectivity index (χ3v) is 8.22. The molecule has 1 N–H and O–H groups in total. The van der Waals surface area contributed by atoms with E-state index in [-0.39, 0.29) is 22.5 Å². The number of carbonyl (C=O) groups is 1. The highest BCUT2D eigenvalue weighted by Crippen LogP contribution is 2.64. The van der Waals surface area contributed by atoms with Gasteiger partial charge in [-0.2, -0.15) is 5.10 Å². The van der Waals surface area contributed by atoms with E-state index in [2.05, 4.69) is 20.5 Å². The molecule has 2 heterocycles. The molecule has 0 saturated heterocycles. The largest absolute Gasteiger partial charge is 0.309 e. The zero-order valence-electron chi connectivity index (χ0n) is 17.8. The van der Waals surface area contributed by atoms with Gasteiger partial charge in [0.2, 0.25) is 11.2 Å². The summed E-state index contributed by atoms with van der Waals surface area (Å²) in [6.07, 6.45) is 9.24. The van der Waals surface area contributed by atoms with Crippen LogP contribution in [0.15, 0.2) is 36.8 Å². The Hall–Kier alpha value is -2.45. The van der Waals surface area contributed by atoms with E-state index in [4.69, 9.17) is 23.2 Å². The quantitative estimate of drug-likeness (QED) is 0.553. The van der Waals surface area contributed by atoms with E-state index in [1.807, 2.05) is 4.68 Å². The van der Waals surface area contributed by atoms with Gasteiger partial charge >= 0.3 is 0 Å². The molecule has 0 radical (unpaired) electrons. The van der Waals surface area contributed by atoms with Crippen molar-refractivity contribution >= 4 is 34.9 Å². The molecule has 0 spiro atoms. The van der Waals surface area contributed by atoms with E-state index in [1.165, 1.54) is 18.6 Å². The van der Waals surface area contributed by atoms with Crippen LogP contribution >= 0.6 is 23.2 Å².